The Hall–Kier alpha value is -2.99. The number of hydrogen-bond donors (Lipinski definition) is 3. The predicted octanol–water partition coefficient (Wildman–Crippen LogP) is 3.57. The van der Waals surface area contributed by atoms with E-state index in [0.29, 0.717) is 22.2 Å². The van der Waals surface area contributed by atoms with Crippen LogP contribution >= 0.6 is 0 Å². The summed E-state index contributed by atoms with van der Waals surface area (Å²) < 4.78 is 14.1. The molecule has 1 unspecified atom stereocenters. The molecule has 0 saturated heterocycles. The molecule has 5 nitrogen and oxygen atoms in total. The standard InChI is InChI=1S/C23H25FN2O3/c1-14(2)18(13-22(28)25-10-11-27)17-8-9-21(26-23(17)29)16-7-6-15-4-3-5-20(24)19(15)12-16/h3-9,12,14,18,27H,10-11,13H2,1-2H3,(H,25,28)(H,26,29). The van der Waals surface area contributed by atoms with Gasteiger partial charge in [-0.2, -0.15) is 0 Å². The number of carbonyl (C=O) groups excluding carboxylic acids is 1. The number of H-pyrrole nitrogens is 1. The lowest BCUT2D eigenvalue weighted by Gasteiger charge is -2.20. The van der Waals surface area contributed by atoms with Gasteiger partial charge in [-0.15, -0.1) is 0 Å². The third-order valence-electron chi connectivity index (χ3n) is 5.12. The van der Waals surface area contributed by atoms with Crippen molar-refractivity contribution in [2.45, 2.75) is 26.2 Å². The first kappa shape index (κ1) is 20.7. The Balaban J connectivity index is 1.92. The molecule has 1 atom stereocenters. The molecular weight excluding hydrogens is 371 g/mol. The number of aromatic nitrogens is 1. The summed E-state index contributed by atoms with van der Waals surface area (Å²) in [6.07, 6.45) is 0.168. The van der Waals surface area contributed by atoms with Gasteiger partial charge in [0.25, 0.3) is 5.56 Å². The maximum atomic E-state index is 14.1. The molecular formula is C23H25FN2O3. The van der Waals surface area contributed by atoms with Gasteiger partial charge in [0.1, 0.15) is 5.82 Å². The van der Waals surface area contributed by atoms with Crippen molar-refractivity contribution in [2.75, 3.05) is 13.2 Å². The third kappa shape index (κ3) is 4.71. The Kier molecular flexibility index (Phi) is 6.44. The quantitative estimate of drug-likeness (QED) is 0.571. The fourth-order valence-electron chi connectivity index (χ4n) is 3.52. The van der Waals surface area contributed by atoms with Crippen LogP contribution in [-0.2, 0) is 4.79 Å². The van der Waals surface area contributed by atoms with Gasteiger partial charge in [-0.1, -0.05) is 44.2 Å². The molecule has 0 spiro atoms. The second-order valence-electron chi connectivity index (χ2n) is 7.46. The molecule has 0 radical (unpaired) electrons. The first-order chi connectivity index (χ1) is 13.9. The average Bonchev–Trinajstić information content (AvgIpc) is 2.70. The van der Waals surface area contributed by atoms with E-state index in [0.717, 1.165) is 5.39 Å². The Morgan fingerprint density at radius 2 is 1.97 bits per heavy atom. The molecule has 3 aromatic rings. The zero-order chi connectivity index (χ0) is 21.0. The summed E-state index contributed by atoms with van der Waals surface area (Å²) >= 11 is 0. The van der Waals surface area contributed by atoms with E-state index in [1.807, 2.05) is 32.0 Å². The molecule has 1 heterocycles. The molecule has 1 aromatic heterocycles. The van der Waals surface area contributed by atoms with Gasteiger partial charge in [0.2, 0.25) is 5.91 Å². The highest BCUT2D eigenvalue weighted by atomic mass is 19.1. The van der Waals surface area contributed by atoms with Crippen molar-refractivity contribution in [1.29, 1.82) is 0 Å². The Bertz CT molecular complexity index is 1080. The molecule has 0 aliphatic rings. The predicted molar refractivity (Wildman–Crippen MR) is 112 cm³/mol. The highest BCUT2D eigenvalue weighted by Crippen LogP contribution is 2.28. The maximum absolute atomic E-state index is 14.1. The van der Waals surface area contributed by atoms with E-state index in [1.165, 1.54) is 6.07 Å². The van der Waals surface area contributed by atoms with Crippen molar-refractivity contribution in [3.05, 3.63) is 70.3 Å². The first-order valence-corrected chi connectivity index (χ1v) is 9.70. The summed E-state index contributed by atoms with van der Waals surface area (Å²) in [7, 11) is 0. The van der Waals surface area contributed by atoms with E-state index in [2.05, 4.69) is 10.3 Å². The molecule has 0 aliphatic heterocycles. The van der Waals surface area contributed by atoms with Gasteiger partial charge in [0, 0.05) is 35.5 Å². The van der Waals surface area contributed by atoms with Crippen molar-refractivity contribution in [2.24, 2.45) is 5.92 Å². The minimum absolute atomic E-state index is 0.0802. The van der Waals surface area contributed by atoms with Crippen molar-refractivity contribution in [1.82, 2.24) is 10.3 Å². The van der Waals surface area contributed by atoms with Gasteiger partial charge < -0.3 is 15.4 Å². The van der Waals surface area contributed by atoms with E-state index in [9.17, 15) is 14.0 Å². The van der Waals surface area contributed by atoms with Crippen molar-refractivity contribution < 1.29 is 14.3 Å². The monoisotopic (exact) mass is 396 g/mol. The second-order valence-corrected chi connectivity index (χ2v) is 7.46. The highest BCUT2D eigenvalue weighted by Gasteiger charge is 2.22. The largest absolute Gasteiger partial charge is 0.395 e. The fraction of sp³-hybridized carbons (Fsp3) is 0.304. The van der Waals surface area contributed by atoms with Crippen LogP contribution in [0.3, 0.4) is 0 Å². The normalized spacial score (nSPS) is 12.3. The van der Waals surface area contributed by atoms with Gasteiger partial charge in [-0.05, 0) is 35.1 Å². The number of rotatable bonds is 7. The van der Waals surface area contributed by atoms with Crippen molar-refractivity contribution in [3.8, 4) is 11.3 Å². The summed E-state index contributed by atoms with van der Waals surface area (Å²) in [6.45, 7) is 3.99. The number of aliphatic hydroxyl groups excluding tert-OH is 1. The van der Waals surface area contributed by atoms with E-state index in [-0.39, 0.29) is 48.7 Å². The van der Waals surface area contributed by atoms with E-state index >= 15 is 0 Å². The van der Waals surface area contributed by atoms with Gasteiger partial charge in [0.05, 0.1) is 6.61 Å². The van der Waals surface area contributed by atoms with E-state index in [1.54, 1.807) is 24.3 Å². The van der Waals surface area contributed by atoms with Crippen molar-refractivity contribution in [3.63, 3.8) is 0 Å². The van der Waals surface area contributed by atoms with Crippen molar-refractivity contribution >= 4 is 16.7 Å². The first-order valence-electron chi connectivity index (χ1n) is 9.70. The summed E-state index contributed by atoms with van der Waals surface area (Å²) in [5, 5.41) is 12.8. The number of carbonyl (C=O) groups is 1. The van der Waals surface area contributed by atoms with Crippen LogP contribution in [-0.4, -0.2) is 29.1 Å². The Labute approximate surface area is 168 Å². The molecule has 0 saturated carbocycles. The minimum Gasteiger partial charge on any atom is -0.395 e. The van der Waals surface area contributed by atoms with Crippen LogP contribution in [0.25, 0.3) is 22.0 Å². The smallest absolute Gasteiger partial charge is 0.251 e. The highest BCUT2D eigenvalue weighted by molar-refractivity contribution is 5.87. The van der Waals surface area contributed by atoms with Gasteiger partial charge >= 0.3 is 0 Å². The number of amides is 1. The number of halogens is 1. The van der Waals surface area contributed by atoms with Crippen LogP contribution in [0, 0.1) is 11.7 Å². The van der Waals surface area contributed by atoms with E-state index in [4.69, 9.17) is 5.11 Å². The summed E-state index contributed by atoms with van der Waals surface area (Å²) in [4.78, 5) is 27.7. The fourth-order valence-corrected chi connectivity index (χ4v) is 3.52. The molecule has 2 aromatic carbocycles. The number of benzene rings is 2. The lowest BCUT2D eigenvalue weighted by Crippen LogP contribution is -2.30. The van der Waals surface area contributed by atoms with Crippen LogP contribution < -0.4 is 10.9 Å². The molecule has 0 fully saturated rings. The number of nitrogens with one attached hydrogen (secondary N) is 2. The summed E-state index contributed by atoms with van der Waals surface area (Å²) in [6, 6.07) is 13.8. The van der Waals surface area contributed by atoms with Gasteiger partial charge in [0.15, 0.2) is 0 Å². The van der Waals surface area contributed by atoms with Crippen LogP contribution in [0.2, 0.25) is 0 Å². The number of hydrogen-bond acceptors (Lipinski definition) is 3. The molecule has 1 amide bonds. The molecule has 152 valence electrons. The Morgan fingerprint density at radius 3 is 2.66 bits per heavy atom. The Morgan fingerprint density at radius 1 is 1.17 bits per heavy atom. The lowest BCUT2D eigenvalue weighted by atomic mass is 9.86. The maximum Gasteiger partial charge on any atom is 0.251 e. The van der Waals surface area contributed by atoms with Gasteiger partial charge in [-0.3, -0.25) is 9.59 Å². The number of fused-ring (bicyclic) bond motifs is 1. The molecule has 29 heavy (non-hydrogen) atoms. The molecule has 3 N–H and O–H groups in total. The average molecular weight is 396 g/mol. The zero-order valence-corrected chi connectivity index (χ0v) is 16.5. The summed E-state index contributed by atoms with van der Waals surface area (Å²) in [5.41, 5.74) is 1.59. The van der Waals surface area contributed by atoms with Crippen LogP contribution in [0.15, 0.2) is 53.3 Å². The number of aliphatic hydroxyl groups is 1. The lowest BCUT2D eigenvalue weighted by molar-refractivity contribution is -0.121. The molecule has 0 aliphatic carbocycles. The molecule has 3 rings (SSSR count). The molecule has 0 bridgehead atoms. The van der Waals surface area contributed by atoms with Crippen LogP contribution in [0.1, 0.15) is 31.7 Å². The third-order valence-corrected chi connectivity index (χ3v) is 5.12. The topological polar surface area (TPSA) is 82.2 Å². The minimum atomic E-state index is -0.308. The van der Waals surface area contributed by atoms with Crippen LogP contribution in [0.4, 0.5) is 4.39 Å². The zero-order valence-electron chi connectivity index (χ0n) is 16.5. The summed E-state index contributed by atoms with van der Waals surface area (Å²) in [5.74, 6) is -0.680. The number of aromatic amines is 1. The van der Waals surface area contributed by atoms with Gasteiger partial charge in [-0.25, -0.2) is 4.39 Å². The SMILES string of the molecule is CC(C)C(CC(=O)NCCO)c1ccc(-c2ccc3cccc(F)c3c2)[nH]c1=O. The number of pyridine rings is 1. The molecule has 6 heteroatoms. The van der Waals surface area contributed by atoms with Crippen LogP contribution in [0.5, 0.6) is 0 Å². The second kappa shape index (κ2) is 9.01. The van der Waals surface area contributed by atoms with E-state index < -0.39 is 0 Å².